The van der Waals surface area contributed by atoms with E-state index in [0.29, 0.717) is 11.3 Å². The molecule has 0 aliphatic heterocycles. The van der Waals surface area contributed by atoms with Crippen molar-refractivity contribution in [3.63, 3.8) is 0 Å². The Hall–Kier alpha value is -1.02. The maximum Gasteiger partial charge on any atom is 0.119 e. The zero-order chi connectivity index (χ0) is 14.8. The van der Waals surface area contributed by atoms with Crippen molar-refractivity contribution in [3.8, 4) is 5.75 Å². The molecule has 1 aliphatic carbocycles. The third kappa shape index (κ3) is 3.76. The van der Waals surface area contributed by atoms with Crippen LogP contribution in [0.3, 0.4) is 0 Å². The summed E-state index contributed by atoms with van der Waals surface area (Å²) in [6, 6.07) is 8.34. The predicted octanol–water partition coefficient (Wildman–Crippen LogP) is 4.16. The van der Waals surface area contributed by atoms with E-state index in [1.165, 1.54) is 18.4 Å². The summed E-state index contributed by atoms with van der Waals surface area (Å²) >= 11 is 0. The average molecular weight is 275 g/mol. The smallest absolute Gasteiger partial charge is 0.119 e. The summed E-state index contributed by atoms with van der Waals surface area (Å²) in [7, 11) is 0. The predicted molar refractivity (Wildman–Crippen MR) is 84.9 cm³/mol. The Labute approximate surface area is 123 Å². The number of ether oxygens (including phenoxy) is 1. The average Bonchev–Trinajstić information content (AvgIpc) is 2.37. The molecule has 2 heteroatoms. The molecule has 0 aromatic heterocycles. The van der Waals surface area contributed by atoms with Crippen molar-refractivity contribution >= 4 is 0 Å². The van der Waals surface area contributed by atoms with Gasteiger partial charge in [0.25, 0.3) is 0 Å². The molecule has 0 spiro atoms. The van der Waals surface area contributed by atoms with Crippen LogP contribution in [0.1, 0.15) is 45.6 Å². The van der Waals surface area contributed by atoms with Gasteiger partial charge in [-0.05, 0) is 61.8 Å². The fourth-order valence-electron chi connectivity index (χ4n) is 3.26. The number of benzene rings is 1. The van der Waals surface area contributed by atoms with E-state index in [4.69, 9.17) is 10.5 Å². The van der Waals surface area contributed by atoms with Crippen LogP contribution in [-0.2, 0) is 0 Å². The van der Waals surface area contributed by atoms with Crippen LogP contribution in [-0.4, -0.2) is 12.6 Å². The number of rotatable bonds is 3. The van der Waals surface area contributed by atoms with Crippen molar-refractivity contribution in [2.45, 2.75) is 53.1 Å². The number of hydrogen-bond acceptors (Lipinski definition) is 2. The first-order valence-electron chi connectivity index (χ1n) is 7.83. The van der Waals surface area contributed by atoms with Gasteiger partial charge in [0.1, 0.15) is 11.9 Å². The van der Waals surface area contributed by atoms with E-state index in [1.54, 1.807) is 0 Å². The molecule has 2 N–H and O–H groups in total. The third-order valence-corrected chi connectivity index (χ3v) is 4.73. The van der Waals surface area contributed by atoms with Gasteiger partial charge in [-0.1, -0.05) is 32.9 Å². The van der Waals surface area contributed by atoms with Gasteiger partial charge in [-0.15, -0.1) is 0 Å². The normalized spacial score (nSPS) is 27.4. The molecule has 0 heterocycles. The standard InChI is InChI=1S/C18H29NO/c1-13-6-5-7-16(10-13)20-17-11-15(18(2,3)4)9-8-14(17)12-19/h5-7,10,14-15,17H,8-9,11-12,19H2,1-4H3. The molecule has 2 rings (SSSR count). The zero-order valence-electron chi connectivity index (χ0n) is 13.4. The van der Waals surface area contributed by atoms with E-state index in [2.05, 4.69) is 52.0 Å². The Morgan fingerprint density at radius 1 is 1.25 bits per heavy atom. The lowest BCUT2D eigenvalue weighted by atomic mass is 9.68. The van der Waals surface area contributed by atoms with E-state index >= 15 is 0 Å². The Bertz CT molecular complexity index is 435. The first kappa shape index (κ1) is 15.4. The second kappa shape index (κ2) is 6.17. The molecule has 1 aromatic carbocycles. The molecule has 1 saturated carbocycles. The van der Waals surface area contributed by atoms with Gasteiger partial charge in [0.2, 0.25) is 0 Å². The number of aryl methyl sites for hydroxylation is 1. The molecule has 0 radical (unpaired) electrons. The van der Waals surface area contributed by atoms with Crippen molar-refractivity contribution in [1.29, 1.82) is 0 Å². The van der Waals surface area contributed by atoms with E-state index < -0.39 is 0 Å². The lowest BCUT2D eigenvalue weighted by molar-refractivity contribution is 0.0331. The molecule has 0 bridgehead atoms. The summed E-state index contributed by atoms with van der Waals surface area (Å²) in [5.41, 5.74) is 7.55. The largest absolute Gasteiger partial charge is 0.490 e. The maximum atomic E-state index is 6.29. The van der Waals surface area contributed by atoms with Gasteiger partial charge in [-0.3, -0.25) is 0 Å². The van der Waals surface area contributed by atoms with E-state index in [1.807, 2.05) is 0 Å². The van der Waals surface area contributed by atoms with Crippen molar-refractivity contribution in [1.82, 2.24) is 0 Å². The Kier molecular flexibility index (Phi) is 4.74. The molecule has 112 valence electrons. The third-order valence-electron chi connectivity index (χ3n) is 4.73. The van der Waals surface area contributed by atoms with Crippen LogP contribution in [0, 0.1) is 24.2 Å². The molecule has 1 aliphatic rings. The van der Waals surface area contributed by atoms with Gasteiger partial charge in [-0.2, -0.15) is 0 Å². The lowest BCUT2D eigenvalue weighted by Crippen LogP contribution is -2.41. The van der Waals surface area contributed by atoms with Crippen LogP contribution in [0.4, 0.5) is 0 Å². The second-order valence-electron chi connectivity index (χ2n) is 7.34. The summed E-state index contributed by atoms with van der Waals surface area (Å²) in [6.07, 6.45) is 3.85. The van der Waals surface area contributed by atoms with E-state index in [0.717, 1.165) is 24.6 Å². The topological polar surface area (TPSA) is 35.2 Å². The summed E-state index contributed by atoms with van der Waals surface area (Å²) in [5, 5.41) is 0. The van der Waals surface area contributed by atoms with Crippen LogP contribution in [0.2, 0.25) is 0 Å². The maximum absolute atomic E-state index is 6.29. The SMILES string of the molecule is Cc1cccc(OC2CC(C(C)(C)C)CCC2CN)c1. The fourth-order valence-corrected chi connectivity index (χ4v) is 3.26. The fraction of sp³-hybridized carbons (Fsp3) is 0.667. The summed E-state index contributed by atoms with van der Waals surface area (Å²) in [4.78, 5) is 0. The quantitative estimate of drug-likeness (QED) is 0.899. The van der Waals surface area contributed by atoms with Crippen LogP contribution >= 0.6 is 0 Å². The van der Waals surface area contributed by atoms with Gasteiger partial charge in [0, 0.05) is 5.92 Å². The van der Waals surface area contributed by atoms with Crippen LogP contribution in [0.25, 0.3) is 0 Å². The zero-order valence-corrected chi connectivity index (χ0v) is 13.4. The highest BCUT2D eigenvalue weighted by atomic mass is 16.5. The Morgan fingerprint density at radius 3 is 2.60 bits per heavy atom. The van der Waals surface area contributed by atoms with Gasteiger partial charge < -0.3 is 10.5 Å². The first-order chi connectivity index (χ1) is 9.40. The van der Waals surface area contributed by atoms with Crippen LogP contribution < -0.4 is 10.5 Å². The highest BCUT2D eigenvalue weighted by Gasteiger charge is 2.36. The molecular formula is C18H29NO. The van der Waals surface area contributed by atoms with Crippen LogP contribution in [0.5, 0.6) is 5.75 Å². The summed E-state index contributed by atoms with van der Waals surface area (Å²) < 4.78 is 6.29. The minimum Gasteiger partial charge on any atom is -0.490 e. The molecule has 20 heavy (non-hydrogen) atoms. The molecule has 0 saturated heterocycles. The van der Waals surface area contributed by atoms with Gasteiger partial charge in [0.15, 0.2) is 0 Å². The van der Waals surface area contributed by atoms with Crippen molar-refractivity contribution in [3.05, 3.63) is 29.8 Å². The molecule has 1 fully saturated rings. The van der Waals surface area contributed by atoms with Gasteiger partial charge >= 0.3 is 0 Å². The van der Waals surface area contributed by atoms with Crippen LogP contribution in [0.15, 0.2) is 24.3 Å². The van der Waals surface area contributed by atoms with E-state index in [-0.39, 0.29) is 6.10 Å². The monoisotopic (exact) mass is 275 g/mol. The molecular weight excluding hydrogens is 246 g/mol. The van der Waals surface area contributed by atoms with Crippen molar-refractivity contribution < 1.29 is 4.74 Å². The Balaban J connectivity index is 2.09. The molecule has 0 amide bonds. The molecule has 1 aromatic rings. The minimum atomic E-state index is 0.264. The number of nitrogens with two attached hydrogens (primary N) is 1. The highest BCUT2D eigenvalue weighted by Crippen LogP contribution is 2.41. The van der Waals surface area contributed by atoms with Gasteiger partial charge in [-0.25, -0.2) is 0 Å². The summed E-state index contributed by atoms with van der Waals surface area (Å²) in [6.45, 7) is 9.85. The molecule has 3 unspecified atom stereocenters. The molecule has 2 nitrogen and oxygen atoms in total. The van der Waals surface area contributed by atoms with E-state index in [9.17, 15) is 0 Å². The van der Waals surface area contributed by atoms with Crippen molar-refractivity contribution in [2.75, 3.05) is 6.54 Å². The van der Waals surface area contributed by atoms with Gasteiger partial charge in [0.05, 0.1) is 0 Å². The second-order valence-corrected chi connectivity index (χ2v) is 7.34. The Morgan fingerprint density at radius 2 is 2.00 bits per heavy atom. The molecule has 3 atom stereocenters. The lowest BCUT2D eigenvalue weighted by Gasteiger charge is -2.41. The highest BCUT2D eigenvalue weighted by molar-refractivity contribution is 5.27. The summed E-state index contributed by atoms with van der Waals surface area (Å²) in [5.74, 6) is 2.21. The minimum absolute atomic E-state index is 0.264. The first-order valence-corrected chi connectivity index (χ1v) is 7.83. The van der Waals surface area contributed by atoms with Crippen molar-refractivity contribution in [2.24, 2.45) is 23.0 Å². The number of hydrogen-bond donors (Lipinski definition) is 1.